The van der Waals surface area contributed by atoms with Gasteiger partial charge in [0.15, 0.2) is 0 Å². The third kappa shape index (κ3) is 4.06. The number of carbonyl (C=O) groups excluding carboxylic acids is 2. The van der Waals surface area contributed by atoms with Crippen LogP contribution in [0.15, 0.2) is 30.3 Å². The smallest absolute Gasteiger partial charge is 0.310 e. The number of rotatable bonds is 5. The van der Waals surface area contributed by atoms with Gasteiger partial charge in [-0.2, -0.15) is 0 Å². The summed E-state index contributed by atoms with van der Waals surface area (Å²) in [5.74, 6) is -0.293. The standard InChI is InChI=1S/C15H20N2O3/c1-20-15(19)13-7-8-17(10-13)11-14(18)16-9-12-5-3-2-4-6-12/h2-6,13H,7-11H2,1H3,(H,16,18). The fourth-order valence-corrected chi connectivity index (χ4v) is 2.39. The van der Waals surface area contributed by atoms with Crippen LogP contribution in [0.3, 0.4) is 0 Å². The molecule has 0 aromatic heterocycles. The second-order valence-electron chi connectivity index (χ2n) is 5.01. The summed E-state index contributed by atoms with van der Waals surface area (Å²) in [7, 11) is 1.40. The van der Waals surface area contributed by atoms with Gasteiger partial charge >= 0.3 is 5.97 Å². The first-order valence-electron chi connectivity index (χ1n) is 6.80. The number of hydrogen-bond acceptors (Lipinski definition) is 4. The number of likely N-dealkylation sites (tertiary alicyclic amines) is 1. The molecule has 1 fully saturated rings. The number of nitrogens with zero attached hydrogens (tertiary/aromatic N) is 1. The maximum Gasteiger partial charge on any atom is 0.310 e. The van der Waals surface area contributed by atoms with E-state index in [1.54, 1.807) is 0 Å². The molecule has 1 aliphatic heterocycles. The third-order valence-electron chi connectivity index (χ3n) is 3.51. The first kappa shape index (κ1) is 14.5. The summed E-state index contributed by atoms with van der Waals surface area (Å²) in [6, 6.07) is 9.79. The first-order valence-corrected chi connectivity index (χ1v) is 6.80. The highest BCUT2D eigenvalue weighted by atomic mass is 16.5. The molecule has 1 atom stereocenters. The molecule has 1 amide bonds. The summed E-state index contributed by atoms with van der Waals surface area (Å²) in [6.07, 6.45) is 0.763. The van der Waals surface area contributed by atoms with Gasteiger partial charge in [0.05, 0.1) is 19.6 Å². The van der Waals surface area contributed by atoms with Crippen molar-refractivity contribution in [1.29, 1.82) is 0 Å². The van der Waals surface area contributed by atoms with E-state index in [1.165, 1.54) is 7.11 Å². The fourth-order valence-electron chi connectivity index (χ4n) is 2.39. The molecule has 1 heterocycles. The molecule has 0 aliphatic carbocycles. The maximum absolute atomic E-state index is 11.8. The lowest BCUT2D eigenvalue weighted by Crippen LogP contribution is -2.36. The lowest BCUT2D eigenvalue weighted by Gasteiger charge is -2.15. The number of ether oxygens (including phenoxy) is 1. The van der Waals surface area contributed by atoms with E-state index in [9.17, 15) is 9.59 Å². The Balaban J connectivity index is 1.72. The largest absolute Gasteiger partial charge is 0.469 e. The number of benzene rings is 1. The molecule has 1 aromatic carbocycles. The van der Waals surface area contributed by atoms with Gasteiger partial charge in [0.2, 0.25) is 5.91 Å². The zero-order valence-corrected chi connectivity index (χ0v) is 11.7. The van der Waals surface area contributed by atoms with E-state index in [4.69, 9.17) is 4.74 Å². The summed E-state index contributed by atoms with van der Waals surface area (Å²) in [6.45, 7) is 2.23. The molecule has 5 heteroatoms. The lowest BCUT2D eigenvalue weighted by molar-refractivity contribution is -0.145. The van der Waals surface area contributed by atoms with Crippen molar-refractivity contribution in [3.05, 3.63) is 35.9 Å². The summed E-state index contributed by atoms with van der Waals surface area (Å²) in [5.41, 5.74) is 1.08. The van der Waals surface area contributed by atoms with E-state index < -0.39 is 0 Å². The average molecular weight is 276 g/mol. The van der Waals surface area contributed by atoms with Gasteiger partial charge in [-0.15, -0.1) is 0 Å². The van der Waals surface area contributed by atoms with Crippen LogP contribution in [0, 0.1) is 5.92 Å². The second kappa shape index (κ2) is 7.05. The molecule has 2 rings (SSSR count). The van der Waals surface area contributed by atoms with E-state index in [0.717, 1.165) is 18.5 Å². The minimum Gasteiger partial charge on any atom is -0.469 e. The predicted molar refractivity (Wildman–Crippen MR) is 74.9 cm³/mol. The summed E-state index contributed by atoms with van der Waals surface area (Å²) >= 11 is 0. The van der Waals surface area contributed by atoms with Crippen molar-refractivity contribution in [2.24, 2.45) is 5.92 Å². The van der Waals surface area contributed by atoms with Gasteiger partial charge in [0, 0.05) is 13.1 Å². The highest BCUT2D eigenvalue weighted by Gasteiger charge is 2.29. The van der Waals surface area contributed by atoms with Crippen LogP contribution in [-0.4, -0.2) is 43.5 Å². The van der Waals surface area contributed by atoms with Crippen LogP contribution < -0.4 is 5.32 Å². The second-order valence-corrected chi connectivity index (χ2v) is 5.01. The quantitative estimate of drug-likeness (QED) is 0.808. The van der Waals surface area contributed by atoms with Crippen LogP contribution in [-0.2, 0) is 20.9 Å². The van der Waals surface area contributed by atoms with E-state index in [2.05, 4.69) is 5.32 Å². The summed E-state index contributed by atoms with van der Waals surface area (Å²) < 4.78 is 4.73. The van der Waals surface area contributed by atoms with Crippen LogP contribution in [0.25, 0.3) is 0 Å². The summed E-state index contributed by atoms with van der Waals surface area (Å²) in [4.78, 5) is 25.2. The number of hydrogen-bond donors (Lipinski definition) is 1. The van der Waals surface area contributed by atoms with Crippen molar-refractivity contribution in [2.45, 2.75) is 13.0 Å². The first-order chi connectivity index (χ1) is 9.69. The van der Waals surface area contributed by atoms with Gasteiger partial charge in [-0.3, -0.25) is 14.5 Å². The Morgan fingerprint density at radius 2 is 2.10 bits per heavy atom. The Labute approximate surface area is 118 Å². The molecule has 0 radical (unpaired) electrons. The van der Waals surface area contributed by atoms with Gasteiger partial charge in [-0.1, -0.05) is 30.3 Å². The third-order valence-corrected chi connectivity index (χ3v) is 3.51. The van der Waals surface area contributed by atoms with Crippen molar-refractivity contribution in [3.63, 3.8) is 0 Å². The minimum absolute atomic E-state index is 0.0145. The Bertz CT molecular complexity index is 461. The number of amides is 1. The average Bonchev–Trinajstić information content (AvgIpc) is 2.94. The van der Waals surface area contributed by atoms with E-state index >= 15 is 0 Å². The molecule has 1 saturated heterocycles. The molecule has 0 bridgehead atoms. The van der Waals surface area contributed by atoms with E-state index in [0.29, 0.717) is 19.6 Å². The molecule has 20 heavy (non-hydrogen) atoms. The van der Waals surface area contributed by atoms with Crippen LogP contribution in [0.1, 0.15) is 12.0 Å². The van der Waals surface area contributed by atoms with Crippen molar-refractivity contribution < 1.29 is 14.3 Å². The minimum atomic E-state index is -0.183. The van der Waals surface area contributed by atoms with Crippen molar-refractivity contribution in [3.8, 4) is 0 Å². The van der Waals surface area contributed by atoms with Crippen LogP contribution >= 0.6 is 0 Å². The normalized spacial score (nSPS) is 18.8. The van der Waals surface area contributed by atoms with Crippen LogP contribution in [0.5, 0.6) is 0 Å². The zero-order chi connectivity index (χ0) is 14.4. The Morgan fingerprint density at radius 3 is 2.80 bits per heavy atom. The van der Waals surface area contributed by atoms with Gasteiger partial charge in [-0.25, -0.2) is 0 Å². The fraction of sp³-hybridized carbons (Fsp3) is 0.467. The van der Waals surface area contributed by atoms with Gasteiger partial charge in [-0.05, 0) is 18.5 Å². The van der Waals surface area contributed by atoms with Gasteiger partial charge in [0.1, 0.15) is 0 Å². The molecule has 108 valence electrons. The van der Waals surface area contributed by atoms with E-state index in [-0.39, 0.29) is 17.8 Å². The molecule has 1 N–H and O–H groups in total. The molecule has 5 nitrogen and oxygen atoms in total. The molecule has 1 unspecified atom stereocenters. The van der Waals surface area contributed by atoms with Crippen molar-refractivity contribution in [2.75, 3.05) is 26.7 Å². The SMILES string of the molecule is COC(=O)C1CCN(CC(=O)NCc2ccccc2)C1. The molecule has 0 saturated carbocycles. The highest BCUT2D eigenvalue weighted by molar-refractivity contribution is 5.78. The number of esters is 1. The highest BCUT2D eigenvalue weighted by Crippen LogP contribution is 2.16. The van der Waals surface area contributed by atoms with Crippen molar-refractivity contribution in [1.82, 2.24) is 10.2 Å². The number of methoxy groups -OCH3 is 1. The molecular formula is C15H20N2O3. The molecular weight excluding hydrogens is 256 g/mol. The Hall–Kier alpha value is -1.88. The van der Waals surface area contributed by atoms with Gasteiger partial charge in [0.25, 0.3) is 0 Å². The molecule has 1 aromatic rings. The van der Waals surface area contributed by atoms with Crippen molar-refractivity contribution >= 4 is 11.9 Å². The number of carbonyl (C=O) groups is 2. The zero-order valence-electron chi connectivity index (χ0n) is 11.7. The lowest BCUT2D eigenvalue weighted by atomic mass is 10.1. The van der Waals surface area contributed by atoms with Crippen LogP contribution in [0.2, 0.25) is 0 Å². The topological polar surface area (TPSA) is 58.6 Å². The maximum atomic E-state index is 11.8. The monoisotopic (exact) mass is 276 g/mol. The summed E-state index contributed by atoms with van der Waals surface area (Å²) in [5, 5.41) is 2.89. The molecule has 0 spiro atoms. The van der Waals surface area contributed by atoms with E-state index in [1.807, 2.05) is 35.2 Å². The van der Waals surface area contributed by atoms with Crippen LogP contribution in [0.4, 0.5) is 0 Å². The Morgan fingerprint density at radius 1 is 1.35 bits per heavy atom. The number of nitrogens with one attached hydrogen (secondary N) is 1. The molecule has 1 aliphatic rings. The predicted octanol–water partition coefficient (Wildman–Crippen LogP) is 0.798. The Kier molecular flexibility index (Phi) is 5.12. The van der Waals surface area contributed by atoms with Gasteiger partial charge < -0.3 is 10.1 Å².